The first kappa shape index (κ1) is 19.2. The molecule has 26 heavy (non-hydrogen) atoms. The predicted molar refractivity (Wildman–Crippen MR) is 118 cm³/mol. The fourth-order valence-electron chi connectivity index (χ4n) is 3.32. The van der Waals surface area contributed by atoms with Gasteiger partial charge in [-0.25, -0.2) is 6.07 Å². The maximum absolute atomic E-state index is 13.1. The summed E-state index contributed by atoms with van der Waals surface area (Å²) in [5.74, 6) is 0. The monoisotopic (exact) mass is 381 g/mol. The topological polar surface area (TPSA) is 17.1 Å². The van der Waals surface area contributed by atoms with Crippen LogP contribution in [-0.4, -0.2) is 5.16 Å². The van der Waals surface area contributed by atoms with E-state index >= 15 is 0 Å². The fourth-order valence-corrected chi connectivity index (χ4v) is 7.74. The van der Waals surface area contributed by atoms with Crippen LogP contribution in [-0.2, 0) is 4.57 Å². The fraction of sp³-hybridized carbons (Fsp3) is 0.261. The first-order chi connectivity index (χ1) is 12.4. The maximum Gasteiger partial charge on any atom is 0.0505 e. The Labute approximate surface area is 159 Å². The third kappa shape index (κ3) is 4.06. The van der Waals surface area contributed by atoms with Gasteiger partial charge in [-0.1, -0.05) is 88.4 Å². The highest BCUT2D eigenvalue weighted by atomic mass is 31.1. The molecule has 0 aliphatic rings. The Balaban J connectivity index is 2.07. The van der Waals surface area contributed by atoms with Crippen LogP contribution in [0.1, 0.15) is 38.9 Å². The molecule has 0 saturated heterocycles. The zero-order chi connectivity index (χ0) is 18.7. The molecule has 0 aliphatic carbocycles. The molecule has 0 saturated carbocycles. The Hall–Kier alpha value is -1.55. The van der Waals surface area contributed by atoms with E-state index in [0.29, 0.717) is 5.66 Å². The summed E-state index contributed by atoms with van der Waals surface area (Å²) in [6.07, 6.45) is 0. The summed E-state index contributed by atoms with van der Waals surface area (Å²) in [5.41, 5.74) is 1.57. The molecule has 0 bridgehead atoms. The molecule has 0 N–H and O–H groups in total. The second-order valence-corrected chi connectivity index (χ2v) is 12.9. The van der Waals surface area contributed by atoms with Gasteiger partial charge in [-0.05, 0) is 24.2 Å². The van der Waals surface area contributed by atoms with Gasteiger partial charge in [0.15, 0.2) is 0 Å². The summed E-state index contributed by atoms with van der Waals surface area (Å²) >= 11 is 0. The molecule has 136 valence electrons. The molecule has 2 atom stereocenters. The molecule has 0 unspecified atom stereocenters. The van der Waals surface area contributed by atoms with Gasteiger partial charge in [-0.3, -0.25) is 0 Å². The normalized spacial score (nSPS) is 14.3. The molecule has 0 fully saturated rings. The minimum absolute atomic E-state index is 0.185. The van der Waals surface area contributed by atoms with E-state index in [-0.39, 0.29) is 5.16 Å². The molecule has 3 heteroatoms. The summed E-state index contributed by atoms with van der Waals surface area (Å²) in [6, 6.07) is 27.8. The van der Waals surface area contributed by atoms with Crippen molar-refractivity contribution < 1.29 is 4.57 Å². The number of benzene rings is 2. The molecule has 0 radical (unpaired) electrons. The minimum Gasteiger partial charge on any atom is -0.335 e. The van der Waals surface area contributed by atoms with Crippen molar-refractivity contribution in [2.75, 3.05) is 0 Å². The highest BCUT2D eigenvalue weighted by Crippen LogP contribution is 2.51. The Morgan fingerprint density at radius 1 is 0.885 bits per heavy atom. The van der Waals surface area contributed by atoms with E-state index in [1.54, 1.807) is 0 Å². The molecule has 0 spiro atoms. The van der Waals surface area contributed by atoms with E-state index in [4.69, 9.17) is 0 Å². The standard InChI is InChI=1S/C23H27OP2/c1-18(21-16-11-17-22(21)26(24)23(2,3)4)25(19-12-7-5-8-13-19)20-14-9-6-10-15-20/h5-18,26H,1-4H3/q-1/t18-/m1/s1. The molecular formula is C23H27OP2-. The first-order valence-electron chi connectivity index (χ1n) is 9.09. The Morgan fingerprint density at radius 2 is 1.38 bits per heavy atom. The van der Waals surface area contributed by atoms with E-state index in [0.717, 1.165) is 5.30 Å². The first-order valence-corrected chi connectivity index (χ1v) is 11.9. The predicted octanol–water partition coefficient (Wildman–Crippen LogP) is 5.58. The zero-order valence-electron chi connectivity index (χ0n) is 15.9. The lowest BCUT2D eigenvalue weighted by Gasteiger charge is -2.31. The van der Waals surface area contributed by atoms with Crippen LogP contribution in [0.3, 0.4) is 0 Å². The van der Waals surface area contributed by atoms with Crippen molar-refractivity contribution in [3.63, 3.8) is 0 Å². The largest absolute Gasteiger partial charge is 0.335 e. The lowest BCUT2D eigenvalue weighted by Crippen LogP contribution is -2.20. The SMILES string of the molecule is C[C@H](c1[cH-]ccc1[P@H](=O)C(C)(C)C)P(c1ccccc1)c1ccccc1. The van der Waals surface area contributed by atoms with Gasteiger partial charge in [-0.15, -0.1) is 5.30 Å². The number of hydrogen-bond acceptors (Lipinski definition) is 1. The van der Waals surface area contributed by atoms with Gasteiger partial charge >= 0.3 is 0 Å². The summed E-state index contributed by atoms with van der Waals surface area (Å²) in [7, 11) is -2.41. The van der Waals surface area contributed by atoms with Gasteiger partial charge in [0.05, 0.1) is 7.80 Å². The quantitative estimate of drug-likeness (QED) is 0.416. The number of hydrogen-bond donors (Lipinski definition) is 0. The highest BCUT2D eigenvalue weighted by Gasteiger charge is 2.25. The van der Waals surface area contributed by atoms with Crippen LogP contribution in [0.25, 0.3) is 0 Å². The van der Waals surface area contributed by atoms with Crippen molar-refractivity contribution >= 4 is 31.6 Å². The average molecular weight is 381 g/mol. The van der Waals surface area contributed by atoms with Crippen LogP contribution in [0.4, 0.5) is 0 Å². The molecule has 0 aliphatic heterocycles. The summed E-state index contributed by atoms with van der Waals surface area (Å²) < 4.78 is 13.1. The Kier molecular flexibility index (Phi) is 5.91. The van der Waals surface area contributed by atoms with Gasteiger partial charge in [0.1, 0.15) is 0 Å². The van der Waals surface area contributed by atoms with Crippen molar-refractivity contribution in [2.24, 2.45) is 0 Å². The van der Waals surface area contributed by atoms with E-state index in [2.05, 4.69) is 107 Å². The van der Waals surface area contributed by atoms with Crippen molar-refractivity contribution in [2.45, 2.75) is 38.5 Å². The van der Waals surface area contributed by atoms with Crippen molar-refractivity contribution in [3.05, 3.63) is 84.4 Å². The molecule has 3 aromatic rings. The summed E-state index contributed by atoms with van der Waals surface area (Å²) in [5, 5.41) is 3.61. The van der Waals surface area contributed by atoms with Crippen LogP contribution >= 0.6 is 15.7 Å². The lowest BCUT2D eigenvalue weighted by atomic mass is 10.2. The molecule has 3 rings (SSSR count). The average Bonchev–Trinajstić information content (AvgIpc) is 3.12. The smallest absolute Gasteiger partial charge is 0.0505 e. The van der Waals surface area contributed by atoms with Gasteiger partial charge in [0.25, 0.3) is 0 Å². The van der Waals surface area contributed by atoms with E-state index in [9.17, 15) is 4.57 Å². The Bertz CT molecular complexity index is 820. The van der Waals surface area contributed by atoms with Crippen molar-refractivity contribution in [1.29, 1.82) is 0 Å². The highest BCUT2D eigenvalue weighted by molar-refractivity contribution is 7.73. The molecular weight excluding hydrogens is 354 g/mol. The summed E-state index contributed by atoms with van der Waals surface area (Å²) in [4.78, 5) is 0. The minimum atomic E-state index is -1.85. The van der Waals surface area contributed by atoms with Crippen LogP contribution in [0.2, 0.25) is 0 Å². The van der Waals surface area contributed by atoms with Gasteiger partial charge in [-0.2, -0.15) is 17.7 Å². The van der Waals surface area contributed by atoms with Crippen LogP contribution in [0, 0.1) is 0 Å². The maximum atomic E-state index is 13.1. The van der Waals surface area contributed by atoms with Crippen molar-refractivity contribution in [1.82, 2.24) is 0 Å². The zero-order valence-corrected chi connectivity index (χ0v) is 17.8. The van der Waals surface area contributed by atoms with Gasteiger partial charge < -0.3 is 4.57 Å². The number of rotatable bonds is 5. The van der Waals surface area contributed by atoms with Crippen molar-refractivity contribution in [3.8, 4) is 0 Å². The summed E-state index contributed by atoms with van der Waals surface area (Å²) in [6.45, 7) is 8.52. The third-order valence-corrected chi connectivity index (χ3v) is 9.75. The van der Waals surface area contributed by atoms with Crippen LogP contribution < -0.4 is 15.9 Å². The van der Waals surface area contributed by atoms with E-state index in [1.165, 1.54) is 16.2 Å². The van der Waals surface area contributed by atoms with E-state index in [1.807, 2.05) is 0 Å². The second kappa shape index (κ2) is 7.99. The molecule has 0 amide bonds. The van der Waals surface area contributed by atoms with Gasteiger partial charge in [0, 0.05) is 5.16 Å². The Morgan fingerprint density at radius 3 is 1.85 bits per heavy atom. The van der Waals surface area contributed by atoms with Crippen LogP contribution in [0.15, 0.2) is 78.9 Å². The molecule has 0 heterocycles. The third-order valence-electron chi connectivity index (χ3n) is 4.68. The molecule has 1 nitrogen and oxygen atoms in total. The molecule has 3 aromatic carbocycles. The van der Waals surface area contributed by atoms with Gasteiger partial charge in [0.2, 0.25) is 0 Å². The van der Waals surface area contributed by atoms with Crippen LogP contribution in [0.5, 0.6) is 0 Å². The lowest BCUT2D eigenvalue weighted by molar-refractivity contribution is 0.572. The van der Waals surface area contributed by atoms with E-state index < -0.39 is 15.7 Å². The molecule has 0 aromatic heterocycles. The second-order valence-electron chi connectivity index (χ2n) is 7.69.